The van der Waals surface area contributed by atoms with Crippen molar-refractivity contribution in [3.05, 3.63) is 47.9 Å². The van der Waals surface area contributed by atoms with Gasteiger partial charge in [-0.2, -0.15) is 0 Å². The second-order valence-corrected chi connectivity index (χ2v) is 6.88. The number of nitrogens with zero attached hydrogens (tertiary/aromatic N) is 3. The molecule has 1 aliphatic heterocycles. The highest BCUT2D eigenvalue weighted by Gasteiger charge is 2.32. The van der Waals surface area contributed by atoms with Crippen molar-refractivity contribution in [1.82, 2.24) is 9.97 Å². The largest absolute Gasteiger partial charge is 0.487 e. The number of anilines is 1. The molecule has 1 saturated heterocycles. The van der Waals surface area contributed by atoms with Crippen molar-refractivity contribution >= 4 is 30.6 Å². The van der Waals surface area contributed by atoms with Gasteiger partial charge in [0, 0.05) is 23.7 Å². The molecule has 2 N–H and O–H groups in total. The third-order valence-electron chi connectivity index (χ3n) is 5.05. The molecule has 2 fully saturated rings. The van der Waals surface area contributed by atoms with Gasteiger partial charge in [0.15, 0.2) is 0 Å². The first-order chi connectivity index (χ1) is 11.7. The first kappa shape index (κ1) is 20.7. The van der Waals surface area contributed by atoms with Gasteiger partial charge < -0.3 is 15.4 Å². The third kappa shape index (κ3) is 4.40. The smallest absolute Gasteiger partial charge is 0.134 e. The van der Waals surface area contributed by atoms with E-state index in [1.165, 1.54) is 5.56 Å². The maximum absolute atomic E-state index is 6.07. The fourth-order valence-electron chi connectivity index (χ4n) is 3.39. The summed E-state index contributed by atoms with van der Waals surface area (Å²) in [5.74, 6) is 2.47. The molecule has 26 heavy (non-hydrogen) atoms. The topological polar surface area (TPSA) is 64.3 Å². The van der Waals surface area contributed by atoms with Crippen LogP contribution in [0.5, 0.6) is 5.75 Å². The Morgan fingerprint density at radius 3 is 2.62 bits per heavy atom. The van der Waals surface area contributed by atoms with E-state index in [1.807, 2.05) is 6.07 Å². The normalized spacial score (nSPS) is 21.7. The van der Waals surface area contributed by atoms with Gasteiger partial charge in [0.25, 0.3) is 0 Å². The lowest BCUT2D eigenvalue weighted by atomic mass is 9.78. The highest BCUT2D eigenvalue weighted by atomic mass is 35.5. The number of benzene rings is 1. The van der Waals surface area contributed by atoms with Crippen molar-refractivity contribution in [3.63, 3.8) is 0 Å². The molecule has 2 aliphatic rings. The Hall–Kier alpha value is -1.56. The fraction of sp³-hybridized carbons (Fsp3) is 0.474. The molecule has 1 aromatic heterocycles. The minimum atomic E-state index is 0. The molecule has 142 valence electrons. The van der Waals surface area contributed by atoms with Gasteiger partial charge in [-0.05, 0) is 37.0 Å². The number of rotatable bonds is 5. The van der Waals surface area contributed by atoms with Gasteiger partial charge in [-0.3, -0.25) is 0 Å². The zero-order valence-corrected chi connectivity index (χ0v) is 16.5. The first-order valence-electron chi connectivity index (χ1n) is 8.79. The summed E-state index contributed by atoms with van der Waals surface area (Å²) in [6.07, 6.45) is 5.01. The van der Waals surface area contributed by atoms with E-state index in [2.05, 4.69) is 46.1 Å². The summed E-state index contributed by atoms with van der Waals surface area (Å²) in [6.45, 7) is 3.90. The summed E-state index contributed by atoms with van der Waals surface area (Å²) in [4.78, 5) is 11.1. The van der Waals surface area contributed by atoms with E-state index in [0.717, 1.165) is 49.6 Å². The van der Waals surface area contributed by atoms with Crippen LogP contribution in [-0.2, 0) is 6.42 Å². The van der Waals surface area contributed by atoms with Crippen molar-refractivity contribution in [2.75, 3.05) is 18.0 Å². The maximum atomic E-state index is 6.07. The molecule has 0 bridgehead atoms. The highest BCUT2D eigenvalue weighted by molar-refractivity contribution is 5.85. The highest BCUT2D eigenvalue weighted by Crippen LogP contribution is 2.35. The molecule has 1 saturated carbocycles. The molecule has 0 radical (unpaired) electrons. The molecule has 2 aromatic rings. The number of hydrogen-bond acceptors (Lipinski definition) is 5. The Kier molecular flexibility index (Phi) is 7.09. The Balaban J connectivity index is 0.00000121. The number of aromatic nitrogens is 2. The van der Waals surface area contributed by atoms with Crippen molar-refractivity contribution in [1.29, 1.82) is 0 Å². The zero-order chi connectivity index (χ0) is 16.5. The Morgan fingerprint density at radius 1 is 1.15 bits per heavy atom. The molecular formula is C19H26Cl2N4O. The van der Waals surface area contributed by atoms with E-state index in [0.29, 0.717) is 12.0 Å². The summed E-state index contributed by atoms with van der Waals surface area (Å²) >= 11 is 0. The second kappa shape index (κ2) is 8.89. The summed E-state index contributed by atoms with van der Waals surface area (Å²) in [5.41, 5.74) is 8.32. The summed E-state index contributed by atoms with van der Waals surface area (Å²) in [6, 6.07) is 10.8. The average Bonchev–Trinajstić information content (AvgIpc) is 2.55. The van der Waals surface area contributed by atoms with Crippen molar-refractivity contribution in [3.8, 4) is 5.75 Å². The van der Waals surface area contributed by atoms with E-state index in [1.54, 1.807) is 6.33 Å². The van der Waals surface area contributed by atoms with Crippen LogP contribution in [0.15, 0.2) is 36.7 Å². The van der Waals surface area contributed by atoms with Crippen molar-refractivity contribution < 1.29 is 4.74 Å². The second-order valence-electron chi connectivity index (χ2n) is 6.88. The van der Waals surface area contributed by atoms with Crippen LogP contribution in [-0.4, -0.2) is 35.2 Å². The standard InChI is InChI=1S/C19H24N4O.2ClH/c1-2-13-4-3-5-16(6-13)24-17-10-23(11-17)19-9-18(21-12-22-19)14-7-15(20)8-14;;/h3-6,9,12,14-15,17H,2,7-8,10-11,20H2,1H3;2*1H. The molecule has 0 spiro atoms. The van der Waals surface area contributed by atoms with Crippen molar-refractivity contribution in [2.24, 2.45) is 5.73 Å². The Morgan fingerprint density at radius 2 is 1.92 bits per heavy atom. The molecule has 7 heteroatoms. The van der Waals surface area contributed by atoms with E-state index in [9.17, 15) is 0 Å². The van der Waals surface area contributed by atoms with Crippen LogP contribution < -0.4 is 15.4 Å². The van der Waals surface area contributed by atoms with Crippen LogP contribution in [0.3, 0.4) is 0 Å². The average molecular weight is 397 g/mol. The van der Waals surface area contributed by atoms with Gasteiger partial charge in [-0.25, -0.2) is 9.97 Å². The van der Waals surface area contributed by atoms with Gasteiger partial charge in [0.1, 0.15) is 24.0 Å². The van der Waals surface area contributed by atoms with E-state index in [4.69, 9.17) is 10.5 Å². The van der Waals surface area contributed by atoms with Crippen molar-refractivity contribution in [2.45, 2.75) is 44.2 Å². The Labute approximate surface area is 167 Å². The molecule has 1 aliphatic carbocycles. The van der Waals surface area contributed by atoms with Crippen LogP contribution in [0.25, 0.3) is 0 Å². The van der Waals surface area contributed by atoms with E-state index in [-0.39, 0.29) is 30.9 Å². The summed E-state index contributed by atoms with van der Waals surface area (Å²) in [5, 5.41) is 0. The molecular weight excluding hydrogens is 371 g/mol. The number of aryl methyl sites for hydroxylation is 1. The predicted molar refractivity (Wildman–Crippen MR) is 109 cm³/mol. The summed E-state index contributed by atoms with van der Waals surface area (Å²) in [7, 11) is 0. The van der Waals surface area contributed by atoms with Gasteiger partial charge in [-0.15, -0.1) is 24.8 Å². The molecule has 2 heterocycles. The minimum absolute atomic E-state index is 0. The molecule has 4 rings (SSSR count). The monoisotopic (exact) mass is 396 g/mol. The minimum Gasteiger partial charge on any atom is -0.487 e. The predicted octanol–water partition coefficient (Wildman–Crippen LogP) is 3.35. The number of ether oxygens (including phenoxy) is 1. The SMILES string of the molecule is CCc1cccc(OC2CN(c3cc(C4CC(N)C4)ncn3)C2)c1.Cl.Cl. The van der Waals surface area contributed by atoms with Crippen LogP contribution >= 0.6 is 24.8 Å². The number of nitrogens with two attached hydrogens (primary N) is 1. The van der Waals surface area contributed by atoms with E-state index < -0.39 is 0 Å². The lowest BCUT2D eigenvalue weighted by Gasteiger charge is -2.40. The van der Waals surface area contributed by atoms with Gasteiger partial charge in [-0.1, -0.05) is 19.1 Å². The maximum Gasteiger partial charge on any atom is 0.134 e. The fourth-order valence-corrected chi connectivity index (χ4v) is 3.39. The zero-order valence-electron chi connectivity index (χ0n) is 14.9. The van der Waals surface area contributed by atoms with Gasteiger partial charge >= 0.3 is 0 Å². The molecule has 0 unspecified atom stereocenters. The molecule has 5 nitrogen and oxygen atoms in total. The molecule has 1 aromatic carbocycles. The first-order valence-corrected chi connectivity index (χ1v) is 8.79. The number of halogens is 2. The van der Waals surface area contributed by atoms with E-state index >= 15 is 0 Å². The number of hydrogen-bond donors (Lipinski definition) is 1. The third-order valence-corrected chi connectivity index (χ3v) is 5.05. The molecule has 0 atom stereocenters. The van der Waals surface area contributed by atoms with Crippen LogP contribution in [0.1, 0.15) is 36.9 Å². The van der Waals surface area contributed by atoms with Crippen LogP contribution in [0.4, 0.5) is 5.82 Å². The van der Waals surface area contributed by atoms with Crippen LogP contribution in [0.2, 0.25) is 0 Å². The van der Waals surface area contributed by atoms with Crippen LogP contribution in [0, 0.1) is 0 Å². The molecule has 0 amide bonds. The lowest BCUT2D eigenvalue weighted by molar-refractivity contribution is 0.166. The van der Waals surface area contributed by atoms with Gasteiger partial charge in [0.05, 0.1) is 13.1 Å². The lowest BCUT2D eigenvalue weighted by Crippen LogP contribution is -2.54. The summed E-state index contributed by atoms with van der Waals surface area (Å²) < 4.78 is 6.07. The van der Waals surface area contributed by atoms with Gasteiger partial charge in [0.2, 0.25) is 0 Å². The Bertz CT molecular complexity index is 718. The quantitative estimate of drug-likeness (QED) is 0.838.